The summed E-state index contributed by atoms with van der Waals surface area (Å²) in [6.45, 7) is 4.19. The Balaban J connectivity index is 1.38. The van der Waals surface area contributed by atoms with Crippen molar-refractivity contribution < 1.29 is 36.0 Å². The minimum Gasteiger partial charge on any atom is -0.480 e. The summed E-state index contributed by atoms with van der Waals surface area (Å²) in [6, 6.07) is 6.39. The number of carboxylic acid groups (broad SMARTS) is 1. The van der Waals surface area contributed by atoms with Gasteiger partial charge in [0.1, 0.15) is 35.5 Å². The molecule has 1 atom stereocenters. The third kappa shape index (κ3) is 5.94. The predicted molar refractivity (Wildman–Crippen MR) is 191 cm³/mol. The number of rotatable bonds is 10. The zero-order chi connectivity index (χ0) is 35.7. The second-order valence-corrected chi connectivity index (χ2v) is 17.4. The first-order valence-electron chi connectivity index (χ1n) is 18.0. The van der Waals surface area contributed by atoms with Crippen LogP contribution in [-0.2, 0) is 50.6 Å². The van der Waals surface area contributed by atoms with Gasteiger partial charge in [0.15, 0.2) is 0 Å². The van der Waals surface area contributed by atoms with Crippen LogP contribution in [0.3, 0.4) is 0 Å². The molecule has 0 fully saturated rings. The molecule has 0 aromatic heterocycles. The van der Waals surface area contributed by atoms with E-state index in [1.165, 1.54) is 23.2 Å². The molecule has 0 radical (unpaired) electrons. The summed E-state index contributed by atoms with van der Waals surface area (Å²) < 4.78 is 76.2. The smallest absolute Gasteiger partial charge is 0.321 e. The van der Waals surface area contributed by atoms with Crippen LogP contribution in [0.25, 0.3) is 5.57 Å². The zero-order valence-electron chi connectivity index (χ0n) is 28.4. The van der Waals surface area contributed by atoms with Crippen molar-refractivity contribution in [2.45, 2.75) is 86.5 Å². The van der Waals surface area contributed by atoms with Gasteiger partial charge < -0.3 is 20.5 Å². The van der Waals surface area contributed by atoms with Gasteiger partial charge in [-0.1, -0.05) is 12.5 Å². The maximum absolute atomic E-state index is 13.6. The Hall–Kier alpha value is -3.82. The second-order valence-electron chi connectivity index (χ2n) is 14.3. The van der Waals surface area contributed by atoms with Crippen LogP contribution in [0.5, 0.6) is 11.5 Å². The average Bonchev–Trinajstić information content (AvgIpc) is 3.10. The van der Waals surface area contributed by atoms with Crippen LogP contribution >= 0.6 is 0 Å². The number of aryl methyl sites for hydroxylation is 2. The summed E-state index contributed by atoms with van der Waals surface area (Å²) in [5, 5.41) is 11.7. The lowest BCUT2D eigenvalue weighted by atomic mass is 9.82. The summed E-state index contributed by atoms with van der Waals surface area (Å²) in [6.07, 6.45) is 8.15. The predicted octanol–water partition coefficient (Wildman–Crippen LogP) is 2.23. The van der Waals surface area contributed by atoms with Crippen molar-refractivity contribution >= 4 is 37.4 Å². The fraction of sp³-hybridized carbons (Fsp3) is 0.459. The largest absolute Gasteiger partial charge is 0.480 e. The molecule has 0 aliphatic carbocycles. The van der Waals surface area contributed by atoms with E-state index in [-0.39, 0.29) is 12.0 Å². The molecule has 0 saturated carbocycles. The average molecular weight is 736 g/mol. The Morgan fingerprint density at radius 3 is 2.37 bits per heavy atom. The minimum absolute atomic E-state index is 0.00859. The molecule has 12 nitrogen and oxygen atoms in total. The van der Waals surface area contributed by atoms with Crippen LogP contribution in [0, 0.1) is 0 Å². The highest BCUT2D eigenvalue weighted by Crippen LogP contribution is 2.49. The fourth-order valence-corrected chi connectivity index (χ4v) is 10.9. The number of carboxylic acids is 1. The highest BCUT2D eigenvalue weighted by molar-refractivity contribution is 7.89. The first-order chi connectivity index (χ1) is 24.5. The Morgan fingerprint density at radius 2 is 1.63 bits per heavy atom. The van der Waals surface area contributed by atoms with Crippen molar-refractivity contribution in [2.75, 3.05) is 37.6 Å². The van der Waals surface area contributed by atoms with E-state index in [4.69, 9.17) is 10.5 Å². The number of anilines is 1. The topological polar surface area (TPSA) is 179 Å². The highest BCUT2D eigenvalue weighted by atomic mass is 32.2. The summed E-state index contributed by atoms with van der Waals surface area (Å²) in [5.74, 6) is 0.0201. The van der Waals surface area contributed by atoms with E-state index in [2.05, 4.69) is 26.3 Å². The van der Waals surface area contributed by atoms with Crippen molar-refractivity contribution in [1.29, 1.82) is 0 Å². The van der Waals surface area contributed by atoms with Crippen LogP contribution < -0.4 is 35.2 Å². The van der Waals surface area contributed by atoms with Gasteiger partial charge in [-0.2, -0.15) is 13.1 Å². The van der Waals surface area contributed by atoms with Crippen LogP contribution in [0.15, 0.2) is 40.1 Å². The van der Waals surface area contributed by atoms with Crippen LogP contribution in [0.4, 0.5) is 5.69 Å². The fourth-order valence-electron chi connectivity index (χ4n) is 8.87. The normalized spacial score (nSPS) is 18.3. The molecule has 3 aromatic rings. The molecule has 8 rings (SSSR count). The van der Waals surface area contributed by atoms with Gasteiger partial charge in [-0.05, 0) is 87.7 Å². The third-order valence-electron chi connectivity index (χ3n) is 11.0. The number of hydrogen-bond donors (Lipinski definition) is 4. The first-order valence-corrected chi connectivity index (χ1v) is 20.9. The van der Waals surface area contributed by atoms with Gasteiger partial charge in [0.25, 0.3) is 10.1 Å². The highest BCUT2D eigenvalue weighted by Gasteiger charge is 2.37. The SMILES string of the molecule is NCCCCC(NS(=O)(=O)c1ccc(C2=c3cc4c5c(c3Oc3c2cc2c6c3CCCN6CCC2)CCC[N+]=5CCC4)c(S(=O)(=O)O)c1)C(=O)O. The van der Waals surface area contributed by atoms with Crippen LogP contribution in [-0.4, -0.2) is 71.2 Å². The Kier molecular flexibility index (Phi) is 8.73. The van der Waals surface area contributed by atoms with E-state index < -0.39 is 41.9 Å². The van der Waals surface area contributed by atoms with Crippen molar-refractivity contribution in [3.8, 4) is 11.5 Å². The standard InChI is InChI=1S/C37H42N4O8S2/c38-14-2-1-11-30(37(42)43)39-50(44,45)24-12-13-25(31(21-24)51(46,47)48)32-28-19-22-7-3-15-40-17-5-9-26(33(22)40)35(28)49-36-27-10-6-18-41-16-4-8-23(34(27)41)20-29(32)36/h12-13,19-21,30,39H,1-11,14-18,38H2,(H-,42,43,46,47,48)/p+1. The van der Waals surface area contributed by atoms with Crippen molar-refractivity contribution in [3.05, 3.63) is 74.3 Å². The summed E-state index contributed by atoms with van der Waals surface area (Å²) >= 11 is 0. The number of nitrogens with two attached hydrogens (primary N) is 1. The first kappa shape index (κ1) is 34.3. The molecule has 0 bridgehead atoms. The molecule has 270 valence electrons. The van der Waals surface area contributed by atoms with E-state index in [1.54, 1.807) is 0 Å². The molecule has 5 heterocycles. The summed E-state index contributed by atoms with van der Waals surface area (Å²) in [4.78, 5) is 13.3. The molecule has 5 aliphatic rings. The summed E-state index contributed by atoms with van der Waals surface area (Å²) in [7, 11) is -9.51. The molecule has 51 heavy (non-hydrogen) atoms. The maximum atomic E-state index is 13.6. The number of nitrogens with one attached hydrogen (secondary N) is 1. The molecule has 0 spiro atoms. The van der Waals surface area contributed by atoms with E-state index in [0.29, 0.717) is 36.5 Å². The number of fused-ring (bicyclic) bond motifs is 4. The van der Waals surface area contributed by atoms with Crippen molar-refractivity contribution in [1.82, 2.24) is 9.30 Å². The number of hydrogen-bond acceptors (Lipinski definition) is 8. The molecule has 5 aliphatic heterocycles. The van der Waals surface area contributed by atoms with Gasteiger partial charge in [0.05, 0.1) is 10.5 Å². The molecular formula is C37H43N4O8S2+. The number of unbranched alkanes of at least 4 members (excludes halogenated alkanes) is 1. The molecule has 14 heteroatoms. The van der Waals surface area contributed by atoms with Gasteiger partial charge in [-0.25, -0.2) is 13.0 Å². The number of aliphatic carboxylic acids is 1. The van der Waals surface area contributed by atoms with E-state index in [1.807, 2.05) is 0 Å². The molecule has 5 N–H and O–H groups in total. The molecule has 0 amide bonds. The van der Waals surface area contributed by atoms with Crippen molar-refractivity contribution in [2.24, 2.45) is 5.73 Å². The zero-order valence-corrected chi connectivity index (χ0v) is 30.0. The number of carbonyl (C=O) groups is 1. The van der Waals surface area contributed by atoms with Crippen LogP contribution in [0.1, 0.15) is 78.3 Å². The molecule has 0 saturated heterocycles. The molecule has 1 unspecified atom stereocenters. The van der Waals surface area contributed by atoms with Gasteiger partial charge in [-0.3, -0.25) is 9.35 Å². The maximum Gasteiger partial charge on any atom is 0.321 e. The van der Waals surface area contributed by atoms with Crippen LogP contribution in [0.2, 0.25) is 0 Å². The monoisotopic (exact) mass is 735 g/mol. The molecule has 3 aromatic carbocycles. The summed E-state index contributed by atoms with van der Waals surface area (Å²) in [5.41, 5.74) is 12.7. The Morgan fingerprint density at radius 1 is 0.902 bits per heavy atom. The van der Waals surface area contributed by atoms with Gasteiger partial charge in [0, 0.05) is 64.7 Å². The quantitative estimate of drug-likeness (QED) is 0.107. The lowest BCUT2D eigenvalue weighted by Crippen LogP contribution is -2.45. The van der Waals surface area contributed by atoms with Gasteiger partial charge in [0.2, 0.25) is 15.4 Å². The number of nitrogens with zero attached hydrogens (tertiary/aromatic N) is 2. The minimum atomic E-state index is -4.99. The van der Waals surface area contributed by atoms with Gasteiger partial charge in [-0.15, -0.1) is 0 Å². The third-order valence-corrected chi connectivity index (χ3v) is 13.4. The number of ether oxygens (including phenoxy) is 1. The molecular weight excluding hydrogens is 693 g/mol. The second kappa shape index (κ2) is 13.0. The number of sulfonamides is 1. The van der Waals surface area contributed by atoms with E-state index >= 15 is 0 Å². The lowest BCUT2D eigenvalue weighted by molar-refractivity contribution is -0.139. The Labute approximate surface area is 297 Å². The Bertz CT molecular complexity index is 2330. The lowest BCUT2D eigenvalue weighted by Gasteiger charge is -2.39. The van der Waals surface area contributed by atoms with E-state index in [0.717, 1.165) is 117 Å². The van der Waals surface area contributed by atoms with E-state index in [9.17, 15) is 31.3 Å². The number of benzene rings is 3. The van der Waals surface area contributed by atoms with Crippen molar-refractivity contribution in [3.63, 3.8) is 0 Å². The van der Waals surface area contributed by atoms with Gasteiger partial charge >= 0.3 is 5.97 Å².